The minimum atomic E-state index is -1.83. The van der Waals surface area contributed by atoms with Gasteiger partial charge in [0, 0.05) is 0 Å². The first-order valence-corrected chi connectivity index (χ1v) is 0.651. The summed E-state index contributed by atoms with van der Waals surface area (Å²) in [4.78, 5) is 8.56. The molecule has 0 amide bonds. The molecule has 4 N–H and O–H groups in total. The first-order valence-electron chi connectivity index (χ1n) is 0.651. The van der Waals surface area contributed by atoms with Crippen molar-refractivity contribution in [1.29, 1.82) is 0 Å². The molecule has 0 fully saturated rings. The Balaban J connectivity index is -0.00000000450. The van der Waals surface area contributed by atoms with Gasteiger partial charge in [-0.3, -0.25) is 0 Å². The number of halogens is 1. The molecule has 0 rings (SSSR count). The van der Waals surface area contributed by atoms with E-state index < -0.39 is 6.16 Å². The molecule has 0 saturated carbocycles. The van der Waals surface area contributed by atoms with Crippen molar-refractivity contribution >= 4 is 103 Å². The van der Waals surface area contributed by atoms with Gasteiger partial charge in [-0.1, -0.05) is 0 Å². The van der Waals surface area contributed by atoms with E-state index in [1.807, 2.05) is 0 Å². The van der Waals surface area contributed by atoms with Gasteiger partial charge in [0.15, 0.2) is 17.4 Å². The van der Waals surface area contributed by atoms with Gasteiger partial charge in [0.05, 0.1) is 0 Å². The molecule has 0 heterocycles. The van der Waals surface area contributed by atoms with Gasteiger partial charge in [-0.2, -0.15) is 0 Å². The quantitative estimate of drug-likeness (QED) is 0.422. The normalized spacial score (nSPS) is 2.67. The number of hydrogen-bond acceptors (Lipinski definition) is 1. The van der Waals surface area contributed by atoms with Gasteiger partial charge in [-0.25, -0.2) is 4.79 Å². The average Bonchev–Trinajstić information content (AvgIpc) is 0.811. The van der Waals surface area contributed by atoms with E-state index >= 15 is 0 Å². The first-order chi connectivity index (χ1) is 1.73. The van der Waals surface area contributed by atoms with Crippen LogP contribution in [-0.4, -0.2) is 107 Å². The molecule has 0 bridgehead atoms. The molecule has 0 aromatic heterocycles. The first kappa shape index (κ1) is 42.6. The van der Waals surface area contributed by atoms with Crippen molar-refractivity contribution in [3.63, 3.8) is 0 Å². The van der Waals surface area contributed by atoms with Gasteiger partial charge >= 0.3 is 73.5 Å². The predicted molar refractivity (Wildman–Crippen MR) is 47.1 cm³/mol. The summed E-state index contributed by atoms with van der Waals surface area (Å²) in [5.41, 5.74) is 0. The van der Waals surface area contributed by atoms with Crippen molar-refractivity contribution in [2.75, 3.05) is 0 Å². The van der Waals surface area contributed by atoms with E-state index in [0.717, 1.165) is 0 Å². The van der Waals surface area contributed by atoms with Gasteiger partial charge < -0.3 is 15.7 Å². The van der Waals surface area contributed by atoms with Crippen LogP contribution in [0.3, 0.4) is 0 Å². The van der Waals surface area contributed by atoms with Crippen LogP contribution >= 0.6 is 12.4 Å². The molecule has 8 heteroatoms. The standard InChI is InChI=1S/CH2O3.Al.Ca.ClH.Na.H2O.6H/c2-1(3)4;;;;;;;;;;;/h(H2,2,3,4);;;1H;;1H2;;;;;;. The Morgan fingerprint density at radius 2 is 1.22 bits per heavy atom. The van der Waals surface area contributed by atoms with Crippen molar-refractivity contribution in [2.24, 2.45) is 0 Å². The Kier molecular flexibility index (Phi) is 150. The van der Waals surface area contributed by atoms with Crippen molar-refractivity contribution in [3.8, 4) is 0 Å². The van der Waals surface area contributed by atoms with Gasteiger partial charge in [0.25, 0.3) is 0 Å². The summed E-state index contributed by atoms with van der Waals surface area (Å²) in [5.74, 6) is 0. The van der Waals surface area contributed by atoms with Crippen LogP contribution in [-0.2, 0) is 0 Å². The van der Waals surface area contributed by atoms with Crippen LogP contribution in [0.1, 0.15) is 0 Å². The third-order valence-electron chi connectivity index (χ3n) is 0. The molecule has 0 unspecified atom stereocenters. The van der Waals surface area contributed by atoms with Gasteiger partial charge in [0.2, 0.25) is 0 Å². The van der Waals surface area contributed by atoms with Crippen LogP contribution in [0.2, 0.25) is 0 Å². The fourth-order valence-corrected chi connectivity index (χ4v) is 0. The third-order valence-corrected chi connectivity index (χ3v) is 0. The summed E-state index contributed by atoms with van der Waals surface area (Å²) in [6.45, 7) is 0. The Morgan fingerprint density at radius 3 is 1.22 bits per heavy atom. The second-order valence-electron chi connectivity index (χ2n) is 0.283. The molecule has 0 spiro atoms. The molecule has 0 aliphatic carbocycles. The molecule has 0 aliphatic heterocycles. The molecule has 0 aromatic rings. The fraction of sp³-hybridized carbons (Fsp3) is 0. The third kappa shape index (κ3) is 133. The zero-order valence-electron chi connectivity index (χ0n) is 2.71. The molecule has 4 nitrogen and oxygen atoms in total. The Labute approximate surface area is 122 Å². The number of carboxylic acid groups (broad SMARTS) is 2. The van der Waals surface area contributed by atoms with Crippen molar-refractivity contribution in [3.05, 3.63) is 0 Å². The predicted octanol–water partition coefficient (Wildman–Crippen LogP) is -2.93. The van der Waals surface area contributed by atoms with E-state index in [0.29, 0.717) is 0 Å². The second-order valence-corrected chi connectivity index (χ2v) is 0.283. The molecule has 0 saturated heterocycles. The summed E-state index contributed by atoms with van der Waals surface area (Å²) in [5, 5.41) is 13.9. The zero-order chi connectivity index (χ0) is 3.58. The van der Waals surface area contributed by atoms with Crippen LogP contribution < -0.4 is 0 Å². The van der Waals surface area contributed by atoms with Crippen molar-refractivity contribution < 1.29 is 20.5 Å². The summed E-state index contributed by atoms with van der Waals surface area (Å²) in [7, 11) is 0. The van der Waals surface area contributed by atoms with Crippen LogP contribution in [0.5, 0.6) is 0 Å². The number of hydrogen-bond donors (Lipinski definition) is 2. The Hall–Kier alpha value is 2.31. The zero-order valence-corrected chi connectivity index (χ0v) is 3.53. The van der Waals surface area contributed by atoms with E-state index in [-0.39, 0.29) is 103 Å². The van der Waals surface area contributed by atoms with Gasteiger partial charge in [-0.15, -0.1) is 12.4 Å². The maximum atomic E-state index is 8.56. The van der Waals surface area contributed by atoms with Gasteiger partial charge in [0.1, 0.15) is 0 Å². The molecule has 0 aromatic carbocycles. The Bertz CT molecular complexity index is 43.5. The number of rotatable bonds is 0. The maximum absolute atomic E-state index is 8.56. The SMILES string of the molecule is Cl.O.O=C(O)O.[AlH3].[CaH2].[NaH]. The van der Waals surface area contributed by atoms with E-state index in [1.165, 1.54) is 0 Å². The summed E-state index contributed by atoms with van der Waals surface area (Å²) in [6.07, 6.45) is -1.83. The molecule has 0 radical (unpaired) electrons. The van der Waals surface area contributed by atoms with Crippen LogP contribution in [0.25, 0.3) is 0 Å². The molecule has 0 atom stereocenters. The van der Waals surface area contributed by atoms with Crippen LogP contribution in [0.15, 0.2) is 0 Å². The van der Waals surface area contributed by atoms with Gasteiger partial charge in [-0.05, 0) is 0 Å². The Morgan fingerprint density at radius 1 is 1.22 bits per heavy atom. The minimum absolute atomic E-state index is 0. The second kappa shape index (κ2) is 31.7. The van der Waals surface area contributed by atoms with E-state index in [2.05, 4.69) is 0 Å². The van der Waals surface area contributed by atoms with Crippen LogP contribution in [0, 0.1) is 0 Å². The van der Waals surface area contributed by atoms with E-state index in [9.17, 15) is 0 Å². The molecular weight excluding hydrogens is 202 g/mol. The molecular formula is CH11AlCaClNaO4. The molecule has 9 heavy (non-hydrogen) atoms. The van der Waals surface area contributed by atoms with E-state index in [1.54, 1.807) is 0 Å². The topological polar surface area (TPSA) is 89.0 Å². The number of carbonyl (C=O) groups is 1. The monoisotopic (exact) mass is 212 g/mol. The average molecular weight is 213 g/mol. The van der Waals surface area contributed by atoms with Crippen molar-refractivity contribution in [1.82, 2.24) is 0 Å². The van der Waals surface area contributed by atoms with E-state index in [4.69, 9.17) is 15.0 Å². The summed E-state index contributed by atoms with van der Waals surface area (Å²) < 4.78 is 0. The van der Waals surface area contributed by atoms with Crippen molar-refractivity contribution in [2.45, 2.75) is 0 Å². The summed E-state index contributed by atoms with van der Waals surface area (Å²) in [6, 6.07) is 0. The molecule has 52 valence electrons. The van der Waals surface area contributed by atoms with Crippen LogP contribution in [0.4, 0.5) is 4.79 Å². The molecule has 0 aliphatic rings. The summed E-state index contributed by atoms with van der Waals surface area (Å²) >= 11 is 0. The fourth-order valence-electron chi connectivity index (χ4n) is 0.